The van der Waals surface area contributed by atoms with Gasteiger partial charge < -0.3 is 9.26 Å². The van der Waals surface area contributed by atoms with Crippen LogP contribution in [0.3, 0.4) is 0 Å². The second kappa shape index (κ2) is 10.4. The lowest BCUT2D eigenvalue weighted by Gasteiger charge is -2.34. The summed E-state index contributed by atoms with van der Waals surface area (Å²) in [6, 6.07) is 7.94. The van der Waals surface area contributed by atoms with Gasteiger partial charge in [0.1, 0.15) is 5.02 Å². The van der Waals surface area contributed by atoms with Crippen LogP contribution >= 0.6 is 11.6 Å². The van der Waals surface area contributed by atoms with Gasteiger partial charge in [-0.25, -0.2) is 13.4 Å². The molecular weight excluding hydrogens is 545 g/mol. The van der Waals surface area contributed by atoms with Gasteiger partial charge in [0.15, 0.2) is 12.4 Å². The van der Waals surface area contributed by atoms with Crippen molar-refractivity contribution in [2.75, 3.05) is 17.9 Å². The van der Waals surface area contributed by atoms with E-state index >= 15 is 0 Å². The normalized spacial score (nSPS) is 15.7. The quantitative estimate of drug-likeness (QED) is 0.377. The molecular formula is C25H28ClF3N4O4S. The van der Waals surface area contributed by atoms with Crippen molar-refractivity contribution in [1.29, 1.82) is 0 Å². The highest BCUT2D eigenvalue weighted by atomic mass is 35.5. The molecule has 1 aliphatic heterocycles. The first-order valence-corrected chi connectivity index (χ1v) is 13.7. The lowest BCUT2D eigenvalue weighted by atomic mass is 9.93. The van der Waals surface area contributed by atoms with Crippen molar-refractivity contribution in [3.05, 3.63) is 64.0 Å². The third kappa shape index (κ3) is 6.41. The summed E-state index contributed by atoms with van der Waals surface area (Å²) in [6.07, 6.45) is -2.24. The van der Waals surface area contributed by atoms with Crippen LogP contribution in [0.15, 0.2) is 45.9 Å². The van der Waals surface area contributed by atoms with Crippen molar-refractivity contribution in [3.8, 4) is 5.88 Å². The Labute approximate surface area is 224 Å². The van der Waals surface area contributed by atoms with Crippen LogP contribution in [0.2, 0.25) is 5.02 Å². The van der Waals surface area contributed by atoms with Gasteiger partial charge in [-0.2, -0.15) is 13.2 Å². The molecule has 206 valence electrons. The van der Waals surface area contributed by atoms with Crippen LogP contribution in [0.4, 0.5) is 19.0 Å². The highest BCUT2D eigenvalue weighted by Crippen LogP contribution is 2.36. The average molecular weight is 573 g/mol. The Bertz CT molecular complexity index is 1400. The summed E-state index contributed by atoms with van der Waals surface area (Å²) in [5.41, 5.74) is 2.24. The molecule has 0 saturated heterocycles. The maximum atomic E-state index is 13.1. The van der Waals surface area contributed by atoms with Gasteiger partial charge in [-0.15, -0.1) is 0 Å². The van der Waals surface area contributed by atoms with Crippen molar-refractivity contribution < 1.29 is 30.8 Å². The van der Waals surface area contributed by atoms with Crippen molar-refractivity contribution in [1.82, 2.24) is 15.0 Å². The van der Waals surface area contributed by atoms with E-state index in [-0.39, 0.29) is 27.7 Å². The van der Waals surface area contributed by atoms with Crippen molar-refractivity contribution in [2.24, 2.45) is 0 Å². The molecule has 0 amide bonds. The Morgan fingerprint density at radius 3 is 2.53 bits per heavy atom. The Hall–Kier alpha value is -2.83. The van der Waals surface area contributed by atoms with Crippen LogP contribution in [0, 0.1) is 0 Å². The van der Waals surface area contributed by atoms with Gasteiger partial charge in [-0.1, -0.05) is 49.7 Å². The Morgan fingerprint density at radius 1 is 1.18 bits per heavy atom. The Kier molecular flexibility index (Phi) is 7.70. The third-order valence-electron chi connectivity index (χ3n) is 6.25. The number of nitrogens with zero attached hydrogens (tertiary/aromatic N) is 3. The van der Waals surface area contributed by atoms with E-state index in [4.69, 9.17) is 16.1 Å². The SMILES string of the molecule is C[C@H](c1ccc(OCC(F)(F)F)nc1)N1CCc2ccc(S(=O)(=O)Nc3noc(C(C)(C)C)c3Cl)cc2C1. The van der Waals surface area contributed by atoms with Crippen LogP contribution in [0.1, 0.15) is 56.2 Å². The van der Waals surface area contributed by atoms with Gasteiger partial charge in [0.25, 0.3) is 10.0 Å². The molecule has 3 aromatic rings. The molecule has 1 atom stereocenters. The van der Waals surface area contributed by atoms with Gasteiger partial charge >= 0.3 is 6.18 Å². The van der Waals surface area contributed by atoms with Crippen molar-refractivity contribution in [3.63, 3.8) is 0 Å². The Balaban J connectivity index is 1.48. The van der Waals surface area contributed by atoms with Gasteiger partial charge in [0.2, 0.25) is 11.7 Å². The summed E-state index contributed by atoms with van der Waals surface area (Å²) in [5.74, 6) is 0.201. The standard InChI is InChI=1S/C25H28ClF3N4O4S/c1-15(17-6-8-20(30-12-17)36-14-25(27,28)29)33-10-9-16-5-7-19(11-18(16)13-33)38(34,35)32-23-21(26)22(37-31-23)24(2,3)4/h5-8,11-12,15H,9-10,13-14H2,1-4H3,(H,31,32)/t15-/m1/s1. The average Bonchev–Trinajstić information content (AvgIpc) is 3.21. The van der Waals surface area contributed by atoms with Gasteiger partial charge in [-0.3, -0.25) is 9.62 Å². The lowest BCUT2D eigenvalue weighted by molar-refractivity contribution is -0.154. The molecule has 2 aromatic heterocycles. The molecule has 4 rings (SSSR count). The minimum absolute atomic E-state index is 0.0648. The Morgan fingerprint density at radius 2 is 1.92 bits per heavy atom. The number of anilines is 1. The van der Waals surface area contributed by atoms with E-state index in [9.17, 15) is 21.6 Å². The summed E-state index contributed by atoms with van der Waals surface area (Å²) in [4.78, 5) is 6.20. The van der Waals surface area contributed by atoms with Crippen LogP contribution in [-0.4, -0.2) is 42.8 Å². The number of ether oxygens (including phenoxy) is 1. The topological polar surface area (TPSA) is 97.6 Å². The predicted octanol–water partition coefficient (Wildman–Crippen LogP) is 5.88. The van der Waals surface area contributed by atoms with E-state index in [1.54, 1.807) is 24.3 Å². The molecule has 0 unspecified atom stereocenters. The number of halogens is 4. The summed E-state index contributed by atoms with van der Waals surface area (Å²) in [5, 5.41) is 3.92. The minimum atomic E-state index is -4.44. The molecule has 3 heterocycles. The largest absolute Gasteiger partial charge is 0.468 e. The molecule has 0 radical (unpaired) electrons. The number of hydrogen-bond acceptors (Lipinski definition) is 7. The first-order valence-electron chi connectivity index (χ1n) is 11.8. The van der Waals surface area contributed by atoms with Crippen molar-refractivity contribution >= 4 is 27.4 Å². The predicted molar refractivity (Wildman–Crippen MR) is 136 cm³/mol. The zero-order chi connectivity index (χ0) is 27.9. The number of alkyl halides is 3. The molecule has 1 aromatic carbocycles. The molecule has 8 nitrogen and oxygen atoms in total. The van der Waals surface area contributed by atoms with E-state index in [0.717, 1.165) is 23.2 Å². The van der Waals surface area contributed by atoms with E-state index in [2.05, 4.69) is 24.5 Å². The van der Waals surface area contributed by atoms with E-state index in [1.807, 2.05) is 27.7 Å². The van der Waals surface area contributed by atoms with Crippen LogP contribution in [0.25, 0.3) is 0 Å². The molecule has 0 fully saturated rings. The summed E-state index contributed by atoms with van der Waals surface area (Å²) in [7, 11) is -3.99. The fraction of sp³-hybridized carbons (Fsp3) is 0.440. The summed E-state index contributed by atoms with van der Waals surface area (Å²) >= 11 is 6.32. The summed E-state index contributed by atoms with van der Waals surface area (Å²) in [6.45, 7) is 7.37. The number of rotatable bonds is 7. The zero-order valence-corrected chi connectivity index (χ0v) is 22.8. The summed E-state index contributed by atoms with van der Waals surface area (Å²) < 4.78 is 75.7. The second-order valence-electron chi connectivity index (χ2n) is 10.2. The maximum absolute atomic E-state index is 13.1. The zero-order valence-electron chi connectivity index (χ0n) is 21.3. The highest BCUT2D eigenvalue weighted by molar-refractivity contribution is 7.92. The second-order valence-corrected chi connectivity index (χ2v) is 12.3. The fourth-order valence-corrected chi connectivity index (χ4v) is 5.65. The van der Waals surface area contributed by atoms with Crippen LogP contribution in [0.5, 0.6) is 5.88 Å². The van der Waals surface area contributed by atoms with E-state index in [0.29, 0.717) is 18.7 Å². The minimum Gasteiger partial charge on any atom is -0.468 e. The number of hydrogen-bond donors (Lipinski definition) is 1. The number of benzene rings is 1. The van der Waals surface area contributed by atoms with Crippen molar-refractivity contribution in [2.45, 2.75) is 63.2 Å². The smallest absolute Gasteiger partial charge is 0.422 e. The molecule has 0 saturated carbocycles. The van der Waals surface area contributed by atoms with E-state index in [1.165, 1.54) is 12.3 Å². The maximum Gasteiger partial charge on any atom is 0.422 e. The monoisotopic (exact) mass is 572 g/mol. The molecule has 0 bridgehead atoms. The van der Waals surface area contributed by atoms with E-state index < -0.39 is 28.2 Å². The first kappa shape index (κ1) is 28.2. The lowest BCUT2D eigenvalue weighted by Crippen LogP contribution is -2.33. The molecule has 0 aliphatic carbocycles. The molecule has 13 heteroatoms. The highest BCUT2D eigenvalue weighted by Gasteiger charge is 2.30. The van der Waals surface area contributed by atoms with Gasteiger partial charge in [0, 0.05) is 36.8 Å². The first-order chi connectivity index (χ1) is 17.6. The number of fused-ring (bicyclic) bond motifs is 1. The molecule has 1 N–H and O–H groups in total. The molecule has 1 aliphatic rings. The molecule has 38 heavy (non-hydrogen) atoms. The number of pyridine rings is 1. The molecule has 0 spiro atoms. The van der Waals surface area contributed by atoms with Gasteiger partial charge in [0.05, 0.1) is 4.90 Å². The number of aromatic nitrogens is 2. The van der Waals surface area contributed by atoms with Crippen LogP contribution in [-0.2, 0) is 28.4 Å². The third-order valence-corrected chi connectivity index (χ3v) is 7.94. The number of nitrogens with one attached hydrogen (secondary N) is 1. The van der Waals surface area contributed by atoms with Gasteiger partial charge in [-0.05, 0) is 42.2 Å². The van der Waals surface area contributed by atoms with Crippen LogP contribution < -0.4 is 9.46 Å². The number of sulfonamides is 1. The fourth-order valence-electron chi connectivity index (χ4n) is 4.14.